The van der Waals surface area contributed by atoms with Gasteiger partial charge in [0.05, 0.1) is 6.42 Å². The smallest absolute Gasteiger partial charge is 0.326 e. The highest BCUT2D eigenvalue weighted by Crippen LogP contribution is 2.45. The van der Waals surface area contributed by atoms with E-state index in [-0.39, 0.29) is 24.3 Å². The second-order valence-electron chi connectivity index (χ2n) is 6.78. The average molecular weight is 293 g/mol. The Kier molecular flexibility index (Phi) is 3.42. The number of likely N-dealkylation sites (N-methyl/N-ethyl adjacent to an activating group) is 2. The number of rotatable bonds is 2. The third kappa shape index (κ3) is 2.30. The van der Waals surface area contributed by atoms with E-state index in [1.165, 1.54) is 37.6 Å². The molecule has 0 radical (unpaired) electrons. The van der Waals surface area contributed by atoms with Gasteiger partial charge >= 0.3 is 6.03 Å². The van der Waals surface area contributed by atoms with E-state index in [1.807, 2.05) is 4.90 Å². The summed E-state index contributed by atoms with van der Waals surface area (Å²) < 4.78 is 0. The zero-order valence-electron chi connectivity index (χ0n) is 12.8. The van der Waals surface area contributed by atoms with E-state index in [4.69, 9.17) is 0 Å². The second kappa shape index (κ2) is 5.00. The van der Waals surface area contributed by atoms with Crippen LogP contribution in [0.4, 0.5) is 4.79 Å². The highest BCUT2D eigenvalue weighted by atomic mass is 16.2. The van der Waals surface area contributed by atoms with E-state index in [1.54, 1.807) is 7.05 Å². The van der Waals surface area contributed by atoms with Gasteiger partial charge in [-0.3, -0.25) is 14.5 Å². The molecule has 116 valence electrons. The minimum atomic E-state index is -0.630. The topological polar surface area (TPSA) is 60.9 Å². The summed E-state index contributed by atoms with van der Waals surface area (Å²) in [6.45, 7) is 1.63. The maximum atomic E-state index is 12.5. The van der Waals surface area contributed by atoms with Gasteiger partial charge in [0.15, 0.2) is 0 Å². The predicted molar refractivity (Wildman–Crippen MR) is 76.4 cm³/mol. The second-order valence-corrected chi connectivity index (χ2v) is 6.78. The van der Waals surface area contributed by atoms with Crippen molar-refractivity contribution in [1.82, 2.24) is 14.7 Å². The molecule has 0 aromatic rings. The first-order valence-electron chi connectivity index (χ1n) is 7.76. The van der Waals surface area contributed by atoms with Crippen molar-refractivity contribution < 1.29 is 14.4 Å². The third-order valence-electron chi connectivity index (χ3n) is 5.50. The van der Waals surface area contributed by atoms with Crippen LogP contribution < -0.4 is 0 Å². The first-order valence-corrected chi connectivity index (χ1v) is 7.76. The van der Waals surface area contributed by atoms with E-state index in [0.717, 1.165) is 24.4 Å². The normalized spacial score (nSPS) is 28.3. The van der Waals surface area contributed by atoms with E-state index in [9.17, 15) is 14.4 Å². The molecule has 1 atom stereocenters. The van der Waals surface area contributed by atoms with Crippen molar-refractivity contribution in [2.24, 2.45) is 5.41 Å². The van der Waals surface area contributed by atoms with Gasteiger partial charge < -0.3 is 9.80 Å². The molecule has 3 aliphatic rings. The maximum Gasteiger partial charge on any atom is 0.326 e. The first-order chi connectivity index (χ1) is 9.93. The Morgan fingerprint density at radius 3 is 2.43 bits per heavy atom. The van der Waals surface area contributed by atoms with Gasteiger partial charge in [0.1, 0.15) is 6.04 Å². The van der Waals surface area contributed by atoms with E-state index < -0.39 is 6.04 Å². The van der Waals surface area contributed by atoms with Crippen molar-refractivity contribution in [1.29, 1.82) is 0 Å². The van der Waals surface area contributed by atoms with Gasteiger partial charge in [0, 0.05) is 27.2 Å². The lowest BCUT2D eigenvalue weighted by atomic mass is 9.86. The number of imide groups is 1. The number of likely N-dealkylation sites (tertiary alicyclic amines) is 1. The van der Waals surface area contributed by atoms with Crippen LogP contribution in [0.3, 0.4) is 0 Å². The highest BCUT2D eigenvalue weighted by molar-refractivity contribution is 6.05. The molecule has 1 spiro atoms. The van der Waals surface area contributed by atoms with Crippen molar-refractivity contribution in [3.8, 4) is 0 Å². The lowest BCUT2D eigenvalue weighted by Gasteiger charge is -2.24. The Bertz CT molecular complexity index is 485. The van der Waals surface area contributed by atoms with Crippen LogP contribution in [0, 0.1) is 5.41 Å². The van der Waals surface area contributed by atoms with Gasteiger partial charge in [0.2, 0.25) is 5.91 Å². The summed E-state index contributed by atoms with van der Waals surface area (Å²) in [7, 11) is 3.05. The molecule has 0 N–H and O–H groups in total. The van der Waals surface area contributed by atoms with Crippen molar-refractivity contribution in [2.45, 2.75) is 44.6 Å². The molecule has 4 amide bonds. The first kappa shape index (κ1) is 14.4. The quantitative estimate of drug-likeness (QED) is 0.715. The van der Waals surface area contributed by atoms with Gasteiger partial charge in [-0.2, -0.15) is 0 Å². The molecule has 6 heteroatoms. The Morgan fingerprint density at radius 1 is 1.19 bits per heavy atom. The van der Waals surface area contributed by atoms with E-state index in [2.05, 4.69) is 0 Å². The van der Waals surface area contributed by atoms with Crippen molar-refractivity contribution in [3.05, 3.63) is 0 Å². The Morgan fingerprint density at radius 2 is 1.86 bits per heavy atom. The zero-order valence-corrected chi connectivity index (χ0v) is 12.8. The fourth-order valence-corrected chi connectivity index (χ4v) is 4.05. The Labute approximate surface area is 125 Å². The van der Waals surface area contributed by atoms with Crippen molar-refractivity contribution >= 4 is 17.8 Å². The standard InChI is InChI=1S/C15H23N3O3/c1-16-11(13(20)17(2)14(16)21)9-12(19)18-8-7-15(10-18)5-3-4-6-15/h11H,3-10H2,1-2H3/t11-/m1/s1. The summed E-state index contributed by atoms with van der Waals surface area (Å²) in [6.07, 6.45) is 6.18. The minimum absolute atomic E-state index is 0.00655. The van der Waals surface area contributed by atoms with Crippen LogP contribution in [0.2, 0.25) is 0 Å². The molecule has 0 bridgehead atoms. The number of nitrogens with zero attached hydrogens (tertiary/aromatic N) is 3. The van der Waals surface area contributed by atoms with Gasteiger partial charge in [-0.1, -0.05) is 12.8 Å². The largest absolute Gasteiger partial charge is 0.342 e. The fraction of sp³-hybridized carbons (Fsp3) is 0.800. The number of hydrogen-bond donors (Lipinski definition) is 0. The molecule has 1 aliphatic carbocycles. The van der Waals surface area contributed by atoms with Crippen LogP contribution in [0.5, 0.6) is 0 Å². The monoisotopic (exact) mass is 293 g/mol. The Balaban J connectivity index is 1.62. The number of amides is 4. The summed E-state index contributed by atoms with van der Waals surface area (Å²) in [5.41, 5.74) is 0.341. The summed E-state index contributed by atoms with van der Waals surface area (Å²) in [5.74, 6) is -0.266. The van der Waals surface area contributed by atoms with Gasteiger partial charge in [-0.25, -0.2) is 4.79 Å². The number of carbonyl (C=O) groups excluding carboxylic acids is 3. The summed E-state index contributed by atoms with van der Waals surface area (Å²) in [5, 5.41) is 0. The Hall–Kier alpha value is -1.59. The molecule has 2 saturated heterocycles. The van der Waals surface area contributed by atoms with Gasteiger partial charge in [-0.05, 0) is 24.7 Å². The van der Waals surface area contributed by atoms with Crippen LogP contribution >= 0.6 is 0 Å². The molecular weight excluding hydrogens is 270 g/mol. The summed E-state index contributed by atoms with van der Waals surface area (Å²) in [4.78, 5) is 40.6. The molecule has 2 heterocycles. The van der Waals surface area contributed by atoms with Crippen LogP contribution in [0.15, 0.2) is 0 Å². The molecule has 6 nitrogen and oxygen atoms in total. The van der Waals surface area contributed by atoms with Gasteiger partial charge in [0.25, 0.3) is 5.91 Å². The van der Waals surface area contributed by atoms with Crippen LogP contribution in [-0.2, 0) is 9.59 Å². The summed E-state index contributed by atoms with van der Waals surface area (Å²) in [6, 6.07) is -0.957. The number of urea groups is 1. The predicted octanol–water partition coefficient (Wildman–Crippen LogP) is 1.06. The molecule has 3 fully saturated rings. The fourth-order valence-electron chi connectivity index (χ4n) is 4.05. The molecule has 0 aromatic heterocycles. The van der Waals surface area contributed by atoms with Crippen molar-refractivity contribution in [3.63, 3.8) is 0 Å². The van der Waals surface area contributed by atoms with Crippen LogP contribution in [0.25, 0.3) is 0 Å². The number of hydrogen-bond acceptors (Lipinski definition) is 3. The SMILES string of the molecule is CN1C(=O)[C@@H](CC(=O)N2CCC3(CCCC3)C2)N(C)C1=O. The van der Waals surface area contributed by atoms with E-state index in [0.29, 0.717) is 5.41 Å². The average Bonchev–Trinajstić information content (AvgIpc) is 3.15. The summed E-state index contributed by atoms with van der Waals surface area (Å²) >= 11 is 0. The lowest BCUT2D eigenvalue weighted by Crippen LogP contribution is -2.39. The molecule has 2 aliphatic heterocycles. The van der Waals surface area contributed by atoms with Crippen molar-refractivity contribution in [2.75, 3.05) is 27.2 Å². The molecule has 0 aromatic carbocycles. The maximum absolute atomic E-state index is 12.5. The lowest BCUT2D eigenvalue weighted by molar-refractivity contribution is -0.136. The highest BCUT2D eigenvalue weighted by Gasteiger charge is 2.45. The minimum Gasteiger partial charge on any atom is -0.342 e. The molecule has 3 rings (SSSR count). The molecule has 0 unspecified atom stereocenters. The molecule has 1 saturated carbocycles. The van der Waals surface area contributed by atoms with Gasteiger partial charge in [-0.15, -0.1) is 0 Å². The zero-order chi connectivity index (χ0) is 15.2. The molecule has 21 heavy (non-hydrogen) atoms. The third-order valence-corrected chi connectivity index (χ3v) is 5.50. The van der Waals surface area contributed by atoms with E-state index >= 15 is 0 Å². The molecular formula is C15H23N3O3. The number of carbonyl (C=O) groups is 3. The van der Waals surface area contributed by atoms with Crippen LogP contribution in [0.1, 0.15) is 38.5 Å². The van der Waals surface area contributed by atoms with Crippen LogP contribution in [-0.4, -0.2) is 65.8 Å².